The number of pyridine rings is 1. The van der Waals surface area contributed by atoms with Crippen molar-refractivity contribution in [2.24, 2.45) is 5.92 Å². The van der Waals surface area contributed by atoms with Gasteiger partial charge in [-0.15, -0.1) is 24.8 Å². The highest BCUT2D eigenvalue weighted by atomic mass is 35.5. The molecular formula is C15H25Cl2N3O2. The predicted molar refractivity (Wildman–Crippen MR) is 92.1 cm³/mol. The molecule has 7 heteroatoms. The average molecular weight is 350 g/mol. The number of nitrogens with zero attached hydrogens (tertiary/aromatic N) is 2. The molecule has 1 aliphatic rings. The van der Waals surface area contributed by atoms with Gasteiger partial charge in [-0.25, -0.2) is 0 Å². The first-order valence-corrected chi connectivity index (χ1v) is 7.20. The molecule has 2 rings (SSSR count). The van der Waals surface area contributed by atoms with Gasteiger partial charge in [-0.3, -0.25) is 9.78 Å². The Balaban J connectivity index is 0.00000220. The molecule has 1 N–H and O–H groups in total. The van der Waals surface area contributed by atoms with E-state index in [0.29, 0.717) is 11.7 Å². The summed E-state index contributed by atoms with van der Waals surface area (Å²) in [5.41, 5.74) is 0. The molecule has 2 atom stereocenters. The molecule has 1 saturated heterocycles. The van der Waals surface area contributed by atoms with Crippen LogP contribution in [0.3, 0.4) is 0 Å². The summed E-state index contributed by atoms with van der Waals surface area (Å²) in [6.07, 6.45) is 5.10. The minimum Gasteiger partial charge on any atom is -0.479 e. The van der Waals surface area contributed by atoms with E-state index in [1.54, 1.807) is 25.4 Å². The molecule has 1 fully saturated rings. The smallest absolute Gasteiger partial charge is 0.263 e. The van der Waals surface area contributed by atoms with Gasteiger partial charge in [-0.05, 0) is 51.4 Å². The molecule has 1 aliphatic heterocycles. The van der Waals surface area contributed by atoms with Crippen molar-refractivity contribution in [1.29, 1.82) is 0 Å². The maximum Gasteiger partial charge on any atom is 0.263 e. The summed E-state index contributed by atoms with van der Waals surface area (Å²) >= 11 is 0. The van der Waals surface area contributed by atoms with Crippen molar-refractivity contribution in [3.63, 3.8) is 0 Å². The zero-order valence-electron chi connectivity index (χ0n) is 13.0. The summed E-state index contributed by atoms with van der Waals surface area (Å²) < 4.78 is 5.66. The van der Waals surface area contributed by atoms with Crippen LogP contribution in [-0.4, -0.2) is 48.6 Å². The fourth-order valence-electron chi connectivity index (χ4n) is 2.65. The van der Waals surface area contributed by atoms with Gasteiger partial charge >= 0.3 is 0 Å². The van der Waals surface area contributed by atoms with Crippen LogP contribution in [0.4, 0.5) is 0 Å². The zero-order chi connectivity index (χ0) is 14.4. The highest BCUT2D eigenvalue weighted by Gasteiger charge is 2.27. The van der Waals surface area contributed by atoms with E-state index in [2.05, 4.69) is 10.3 Å². The van der Waals surface area contributed by atoms with Crippen LogP contribution in [0.15, 0.2) is 24.5 Å². The van der Waals surface area contributed by atoms with Crippen LogP contribution in [0.5, 0.6) is 5.75 Å². The van der Waals surface area contributed by atoms with Crippen LogP contribution in [-0.2, 0) is 4.79 Å². The summed E-state index contributed by atoms with van der Waals surface area (Å²) in [6.45, 7) is 4.42. The lowest BCUT2D eigenvalue weighted by Gasteiger charge is -2.34. The molecule has 2 unspecified atom stereocenters. The lowest BCUT2D eigenvalue weighted by atomic mass is 9.97. The summed E-state index contributed by atoms with van der Waals surface area (Å²) in [6, 6.07) is 3.62. The second kappa shape index (κ2) is 10.6. The molecule has 1 aromatic heterocycles. The fourth-order valence-corrected chi connectivity index (χ4v) is 2.65. The zero-order valence-corrected chi connectivity index (χ0v) is 14.7. The number of amides is 1. The van der Waals surface area contributed by atoms with Gasteiger partial charge in [0.25, 0.3) is 5.91 Å². The van der Waals surface area contributed by atoms with Crippen molar-refractivity contribution in [2.45, 2.75) is 25.9 Å². The molecule has 1 aromatic rings. The Hall–Kier alpha value is -1.04. The minimum absolute atomic E-state index is 0. The Morgan fingerprint density at radius 2 is 2.32 bits per heavy atom. The molecule has 0 aromatic carbocycles. The number of hydrogen-bond acceptors (Lipinski definition) is 4. The summed E-state index contributed by atoms with van der Waals surface area (Å²) in [5, 5.41) is 3.19. The first-order chi connectivity index (χ1) is 9.70. The first kappa shape index (κ1) is 21.0. The SMILES string of the molecule is CNCC1CCCN(C(=O)C(C)Oc2cccnc2)C1.Cl.Cl. The van der Waals surface area contributed by atoms with Crippen LogP contribution in [0.1, 0.15) is 19.8 Å². The van der Waals surface area contributed by atoms with Gasteiger partial charge in [-0.2, -0.15) is 0 Å². The second-order valence-corrected chi connectivity index (χ2v) is 5.30. The molecular weight excluding hydrogens is 325 g/mol. The van der Waals surface area contributed by atoms with E-state index in [0.717, 1.165) is 26.1 Å². The van der Waals surface area contributed by atoms with E-state index in [-0.39, 0.29) is 30.7 Å². The van der Waals surface area contributed by atoms with E-state index in [9.17, 15) is 4.79 Å². The number of rotatable bonds is 5. The second-order valence-electron chi connectivity index (χ2n) is 5.30. The molecule has 0 spiro atoms. The number of nitrogens with one attached hydrogen (secondary N) is 1. The van der Waals surface area contributed by atoms with Gasteiger partial charge in [0, 0.05) is 19.3 Å². The van der Waals surface area contributed by atoms with Gasteiger partial charge in [0.05, 0.1) is 6.20 Å². The summed E-state index contributed by atoms with van der Waals surface area (Å²) in [4.78, 5) is 18.3. The number of piperidine rings is 1. The lowest BCUT2D eigenvalue weighted by Crippen LogP contribution is -2.47. The van der Waals surface area contributed by atoms with Gasteiger partial charge in [0.15, 0.2) is 6.10 Å². The van der Waals surface area contributed by atoms with Crippen molar-refractivity contribution >= 4 is 30.7 Å². The Morgan fingerprint density at radius 3 is 2.95 bits per heavy atom. The van der Waals surface area contributed by atoms with E-state index in [1.165, 1.54) is 6.42 Å². The largest absolute Gasteiger partial charge is 0.479 e. The van der Waals surface area contributed by atoms with E-state index >= 15 is 0 Å². The molecule has 22 heavy (non-hydrogen) atoms. The van der Waals surface area contributed by atoms with Gasteiger partial charge < -0.3 is 15.0 Å². The van der Waals surface area contributed by atoms with Crippen molar-refractivity contribution in [2.75, 3.05) is 26.7 Å². The number of halogens is 2. The average Bonchev–Trinajstić information content (AvgIpc) is 2.48. The summed E-state index contributed by atoms with van der Waals surface area (Å²) in [7, 11) is 1.95. The first-order valence-electron chi connectivity index (χ1n) is 7.20. The molecule has 2 heterocycles. The molecule has 1 amide bonds. The maximum atomic E-state index is 12.4. The molecule has 126 valence electrons. The Labute approximate surface area is 144 Å². The van der Waals surface area contributed by atoms with E-state index in [4.69, 9.17) is 4.74 Å². The Morgan fingerprint density at radius 1 is 1.55 bits per heavy atom. The quantitative estimate of drug-likeness (QED) is 0.884. The normalized spacial score (nSPS) is 18.6. The minimum atomic E-state index is -0.465. The third kappa shape index (κ3) is 5.99. The number of carbonyl (C=O) groups excluding carboxylic acids is 1. The number of likely N-dealkylation sites (tertiary alicyclic amines) is 1. The standard InChI is InChI=1S/C15H23N3O2.2ClH/c1-12(20-14-6-3-7-17-10-14)15(19)18-8-4-5-13(11-18)9-16-2;;/h3,6-7,10,12-13,16H,4-5,8-9,11H2,1-2H3;2*1H. The maximum absolute atomic E-state index is 12.4. The highest BCUT2D eigenvalue weighted by molar-refractivity contribution is 5.85. The molecule has 0 saturated carbocycles. The van der Waals surface area contributed by atoms with Crippen molar-refractivity contribution in [3.8, 4) is 5.75 Å². The van der Waals surface area contributed by atoms with E-state index in [1.807, 2.05) is 18.0 Å². The highest BCUT2D eigenvalue weighted by Crippen LogP contribution is 2.18. The van der Waals surface area contributed by atoms with Crippen LogP contribution in [0.2, 0.25) is 0 Å². The van der Waals surface area contributed by atoms with E-state index < -0.39 is 6.10 Å². The molecule has 5 nitrogen and oxygen atoms in total. The van der Waals surface area contributed by atoms with Crippen LogP contribution in [0.25, 0.3) is 0 Å². The molecule has 0 bridgehead atoms. The molecule has 0 radical (unpaired) electrons. The third-order valence-electron chi connectivity index (χ3n) is 3.62. The van der Waals surface area contributed by atoms with Crippen LogP contribution < -0.4 is 10.1 Å². The number of aromatic nitrogens is 1. The molecule has 0 aliphatic carbocycles. The van der Waals surface area contributed by atoms with Gasteiger partial charge in [0.1, 0.15) is 5.75 Å². The van der Waals surface area contributed by atoms with Crippen LogP contribution >= 0.6 is 24.8 Å². The Bertz CT molecular complexity index is 432. The number of ether oxygens (including phenoxy) is 1. The Kier molecular flexibility index (Phi) is 10.1. The third-order valence-corrected chi connectivity index (χ3v) is 3.62. The predicted octanol–water partition coefficient (Wildman–Crippen LogP) is 2.15. The fraction of sp³-hybridized carbons (Fsp3) is 0.600. The number of carbonyl (C=O) groups is 1. The van der Waals surface area contributed by atoms with Gasteiger partial charge in [0.2, 0.25) is 0 Å². The van der Waals surface area contributed by atoms with Crippen molar-refractivity contribution < 1.29 is 9.53 Å². The monoisotopic (exact) mass is 349 g/mol. The van der Waals surface area contributed by atoms with Crippen molar-refractivity contribution in [1.82, 2.24) is 15.2 Å². The number of hydrogen-bond donors (Lipinski definition) is 1. The topological polar surface area (TPSA) is 54.5 Å². The summed E-state index contributed by atoms with van der Waals surface area (Å²) in [5.74, 6) is 1.25. The lowest BCUT2D eigenvalue weighted by molar-refractivity contribution is -0.139. The van der Waals surface area contributed by atoms with Crippen LogP contribution in [0, 0.1) is 5.92 Å². The van der Waals surface area contributed by atoms with Crippen molar-refractivity contribution in [3.05, 3.63) is 24.5 Å². The van der Waals surface area contributed by atoms with Gasteiger partial charge in [-0.1, -0.05) is 0 Å².